The molecule has 9 heteroatoms. The minimum absolute atomic E-state index is 0.102. The standard InChI is InChI=1S/C15H18F3N3O3/c1-9(22)21-8-11(3-4-12(21)15(16,17)18)19-14(24)10-5-6-20(2)13(23)7-10/h5-7,11-12H,3-4,8H2,1-2H3,(H,19,24). The van der Waals surface area contributed by atoms with Gasteiger partial charge in [0.25, 0.3) is 11.5 Å². The number of carbonyl (C=O) groups excluding carboxylic acids is 2. The van der Waals surface area contributed by atoms with Crippen LogP contribution in [0, 0.1) is 0 Å². The maximum absolute atomic E-state index is 13.0. The van der Waals surface area contributed by atoms with E-state index in [2.05, 4.69) is 5.32 Å². The lowest BCUT2D eigenvalue weighted by molar-refractivity contribution is -0.196. The van der Waals surface area contributed by atoms with Gasteiger partial charge in [0.2, 0.25) is 5.91 Å². The lowest BCUT2D eigenvalue weighted by Crippen LogP contribution is -2.57. The number of nitrogens with zero attached hydrogens (tertiary/aromatic N) is 2. The minimum atomic E-state index is -4.49. The molecule has 1 aromatic heterocycles. The maximum Gasteiger partial charge on any atom is 0.408 e. The molecule has 0 bridgehead atoms. The molecule has 1 aliphatic heterocycles. The van der Waals surface area contributed by atoms with Gasteiger partial charge in [-0.3, -0.25) is 14.4 Å². The number of pyridine rings is 1. The first kappa shape index (κ1) is 18.0. The summed E-state index contributed by atoms with van der Waals surface area (Å²) >= 11 is 0. The first-order chi connectivity index (χ1) is 11.1. The molecule has 1 saturated heterocycles. The molecule has 132 valence electrons. The molecule has 0 aromatic carbocycles. The number of aryl methyl sites for hydroxylation is 1. The fourth-order valence-corrected chi connectivity index (χ4v) is 2.74. The SMILES string of the molecule is CC(=O)N1CC(NC(=O)c2ccn(C)c(=O)c2)CCC1C(F)(F)F. The van der Waals surface area contributed by atoms with Crippen molar-refractivity contribution in [3.8, 4) is 0 Å². The van der Waals surface area contributed by atoms with Crippen LogP contribution < -0.4 is 10.9 Å². The molecule has 1 aliphatic rings. The molecule has 2 unspecified atom stereocenters. The van der Waals surface area contributed by atoms with E-state index in [4.69, 9.17) is 0 Å². The Morgan fingerprint density at radius 2 is 1.96 bits per heavy atom. The highest BCUT2D eigenvalue weighted by atomic mass is 19.4. The van der Waals surface area contributed by atoms with Crippen molar-refractivity contribution in [2.75, 3.05) is 6.54 Å². The van der Waals surface area contributed by atoms with Gasteiger partial charge in [-0.25, -0.2) is 0 Å². The van der Waals surface area contributed by atoms with E-state index in [-0.39, 0.29) is 30.5 Å². The molecule has 1 aromatic rings. The Balaban J connectivity index is 2.08. The van der Waals surface area contributed by atoms with Crippen molar-refractivity contribution in [3.63, 3.8) is 0 Å². The minimum Gasteiger partial charge on any atom is -0.348 e. The number of amides is 2. The molecule has 2 atom stereocenters. The van der Waals surface area contributed by atoms with Crippen molar-refractivity contribution < 1.29 is 22.8 Å². The van der Waals surface area contributed by atoms with Gasteiger partial charge >= 0.3 is 6.18 Å². The number of halogens is 3. The van der Waals surface area contributed by atoms with Crippen molar-refractivity contribution in [2.24, 2.45) is 7.05 Å². The summed E-state index contributed by atoms with van der Waals surface area (Å²) in [6, 6.07) is 0.177. The first-order valence-corrected chi connectivity index (χ1v) is 7.41. The van der Waals surface area contributed by atoms with Crippen LogP contribution in [-0.4, -0.2) is 46.1 Å². The van der Waals surface area contributed by atoms with Gasteiger partial charge < -0.3 is 14.8 Å². The fraction of sp³-hybridized carbons (Fsp3) is 0.533. The Hall–Kier alpha value is -2.32. The van der Waals surface area contributed by atoms with Crippen LogP contribution in [0.5, 0.6) is 0 Å². The molecule has 6 nitrogen and oxygen atoms in total. The largest absolute Gasteiger partial charge is 0.408 e. The monoisotopic (exact) mass is 345 g/mol. The molecule has 0 radical (unpaired) electrons. The van der Waals surface area contributed by atoms with Crippen LogP contribution in [-0.2, 0) is 11.8 Å². The normalized spacial score (nSPS) is 21.5. The van der Waals surface area contributed by atoms with Crippen LogP contribution in [0.4, 0.5) is 13.2 Å². The highest BCUT2D eigenvalue weighted by Gasteiger charge is 2.47. The molecule has 0 saturated carbocycles. The number of hydrogen-bond donors (Lipinski definition) is 1. The van der Waals surface area contributed by atoms with Gasteiger partial charge in [0.05, 0.1) is 0 Å². The first-order valence-electron chi connectivity index (χ1n) is 7.41. The number of alkyl halides is 3. The Morgan fingerprint density at radius 3 is 2.50 bits per heavy atom. The number of likely N-dealkylation sites (tertiary alicyclic amines) is 1. The van der Waals surface area contributed by atoms with Crippen LogP contribution in [0.1, 0.15) is 30.1 Å². The predicted octanol–water partition coefficient (Wildman–Crippen LogP) is 1.06. The lowest BCUT2D eigenvalue weighted by atomic mass is 9.97. The second-order valence-electron chi connectivity index (χ2n) is 5.84. The summed E-state index contributed by atoms with van der Waals surface area (Å²) in [5.41, 5.74) is -0.237. The van der Waals surface area contributed by atoms with Crippen molar-refractivity contribution in [1.29, 1.82) is 0 Å². The summed E-state index contributed by atoms with van der Waals surface area (Å²) in [4.78, 5) is 35.9. The van der Waals surface area contributed by atoms with E-state index >= 15 is 0 Å². The van der Waals surface area contributed by atoms with Crippen molar-refractivity contribution in [3.05, 3.63) is 34.2 Å². The fourth-order valence-electron chi connectivity index (χ4n) is 2.74. The van der Waals surface area contributed by atoms with Gasteiger partial charge in [0.1, 0.15) is 6.04 Å². The molecule has 2 heterocycles. The molecule has 2 amide bonds. The third kappa shape index (κ3) is 3.95. The molecule has 0 aliphatic carbocycles. The van der Waals surface area contributed by atoms with E-state index < -0.39 is 30.1 Å². The zero-order valence-corrected chi connectivity index (χ0v) is 13.3. The van der Waals surface area contributed by atoms with Gasteiger partial charge in [-0.1, -0.05) is 0 Å². The van der Waals surface area contributed by atoms with E-state index in [0.29, 0.717) is 0 Å². The smallest absolute Gasteiger partial charge is 0.348 e. The van der Waals surface area contributed by atoms with Gasteiger partial charge in [0, 0.05) is 44.4 Å². The second-order valence-corrected chi connectivity index (χ2v) is 5.84. The summed E-state index contributed by atoms with van der Waals surface area (Å²) in [7, 11) is 1.53. The number of carbonyl (C=O) groups is 2. The number of hydrogen-bond acceptors (Lipinski definition) is 3. The quantitative estimate of drug-likeness (QED) is 0.871. The zero-order chi connectivity index (χ0) is 18.1. The van der Waals surface area contributed by atoms with Crippen molar-refractivity contribution in [1.82, 2.24) is 14.8 Å². The molecular weight excluding hydrogens is 327 g/mol. The Bertz CT molecular complexity index is 699. The summed E-state index contributed by atoms with van der Waals surface area (Å²) < 4.78 is 40.2. The van der Waals surface area contributed by atoms with Crippen molar-refractivity contribution in [2.45, 2.75) is 38.0 Å². The molecule has 1 N–H and O–H groups in total. The summed E-state index contributed by atoms with van der Waals surface area (Å²) in [5, 5.41) is 2.59. The summed E-state index contributed by atoms with van der Waals surface area (Å²) in [5.74, 6) is -1.24. The maximum atomic E-state index is 13.0. The summed E-state index contributed by atoms with van der Waals surface area (Å²) in [6.07, 6.45) is -3.24. The highest BCUT2D eigenvalue weighted by Crippen LogP contribution is 2.32. The molecule has 0 spiro atoms. The van der Waals surface area contributed by atoms with Crippen LogP contribution >= 0.6 is 0 Å². The highest BCUT2D eigenvalue weighted by molar-refractivity contribution is 5.94. The molecular formula is C15H18F3N3O3. The van der Waals surface area contributed by atoms with Gasteiger partial charge in [-0.05, 0) is 18.9 Å². The number of aromatic nitrogens is 1. The topological polar surface area (TPSA) is 71.4 Å². The van der Waals surface area contributed by atoms with E-state index in [9.17, 15) is 27.6 Å². The third-order valence-corrected chi connectivity index (χ3v) is 4.07. The Kier molecular flexibility index (Phi) is 5.00. The van der Waals surface area contributed by atoms with Crippen LogP contribution in [0.3, 0.4) is 0 Å². The van der Waals surface area contributed by atoms with Gasteiger partial charge in [-0.15, -0.1) is 0 Å². The number of rotatable bonds is 2. The molecule has 2 rings (SSSR count). The van der Waals surface area contributed by atoms with E-state index in [0.717, 1.165) is 17.9 Å². The van der Waals surface area contributed by atoms with E-state index in [1.807, 2.05) is 0 Å². The average molecular weight is 345 g/mol. The lowest BCUT2D eigenvalue weighted by Gasteiger charge is -2.40. The summed E-state index contributed by atoms with van der Waals surface area (Å²) in [6.45, 7) is 0.861. The average Bonchev–Trinajstić information content (AvgIpc) is 2.48. The van der Waals surface area contributed by atoms with E-state index in [1.165, 1.54) is 23.9 Å². The zero-order valence-electron chi connectivity index (χ0n) is 13.3. The molecule has 1 fully saturated rings. The van der Waals surface area contributed by atoms with Crippen molar-refractivity contribution >= 4 is 11.8 Å². The van der Waals surface area contributed by atoms with Gasteiger partial charge in [-0.2, -0.15) is 13.2 Å². The third-order valence-electron chi connectivity index (χ3n) is 4.07. The predicted molar refractivity (Wildman–Crippen MR) is 79.4 cm³/mol. The second kappa shape index (κ2) is 6.66. The Labute approximate surface area is 136 Å². The number of nitrogens with one attached hydrogen (secondary N) is 1. The molecule has 24 heavy (non-hydrogen) atoms. The van der Waals surface area contributed by atoms with Crippen LogP contribution in [0.2, 0.25) is 0 Å². The van der Waals surface area contributed by atoms with Crippen LogP contribution in [0.25, 0.3) is 0 Å². The van der Waals surface area contributed by atoms with Crippen LogP contribution in [0.15, 0.2) is 23.1 Å². The van der Waals surface area contributed by atoms with E-state index in [1.54, 1.807) is 0 Å². The van der Waals surface area contributed by atoms with Gasteiger partial charge in [0.15, 0.2) is 0 Å². The Morgan fingerprint density at radius 1 is 1.29 bits per heavy atom. The number of piperidine rings is 1.